The molecule has 1 aliphatic rings. The van der Waals surface area contributed by atoms with E-state index < -0.39 is 6.10 Å². The Kier molecular flexibility index (Phi) is 3.23. The van der Waals surface area contributed by atoms with Crippen molar-refractivity contribution in [3.05, 3.63) is 29.8 Å². The van der Waals surface area contributed by atoms with Gasteiger partial charge >= 0.3 is 0 Å². The molecule has 0 bridgehead atoms. The van der Waals surface area contributed by atoms with Crippen LogP contribution in [0.3, 0.4) is 0 Å². The molecule has 3 nitrogen and oxygen atoms in total. The smallest absolute Gasteiger partial charge is 0.0996 e. The van der Waals surface area contributed by atoms with Gasteiger partial charge in [-0.25, -0.2) is 0 Å². The van der Waals surface area contributed by atoms with Gasteiger partial charge in [-0.05, 0) is 18.1 Å². The van der Waals surface area contributed by atoms with Crippen LogP contribution in [0.1, 0.15) is 12.5 Å². The van der Waals surface area contributed by atoms with Crippen molar-refractivity contribution in [2.75, 3.05) is 18.5 Å². The van der Waals surface area contributed by atoms with Gasteiger partial charge in [0, 0.05) is 5.69 Å². The summed E-state index contributed by atoms with van der Waals surface area (Å²) in [4.78, 5) is 0. The number of hydrogen-bond donors (Lipinski definition) is 2. The lowest BCUT2D eigenvalue weighted by Gasteiger charge is -2.18. The molecule has 0 radical (unpaired) electrons. The quantitative estimate of drug-likeness (QED) is 0.787. The van der Waals surface area contributed by atoms with Crippen LogP contribution in [0.25, 0.3) is 0 Å². The van der Waals surface area contributed by atoms with Crippen LogP contribution < -0.4 is 5.32 Å². The van der Waals surface area contributed by atoms with Gasteiger partial charge in [-0.15, -0.1) is 0 Å². The Morgan fingerprint density at radius 2 is 2.20 bits per heavy atom. The molecule has 2 atom stereocenters. The molecule has 0 amide bonds. The molecule has 82 valence electrons. The molecular weight excluding hydrogens is 190 g/mol. The third kappa shape index (κ3) is 2.30. The van der Waals surface area contributed by atoms with Gasteiger partial charge in [0.05, 0.1) is 25.4 Å². The molecule has 2 N–H and O–H groups in total. The number of rotatable bonds is 3. The van der Waals surface area contributed by atoms with E-state index in [2.05, 4.69) is 18.3 Å². The number of hydrogen-bond acceptors (Lipinski definition) is 3. The van der Waals surface area contributed by atoms with Gasteiger partial charge in [-0.2, -0.15) is 0 Å². The van der Waals surface area contributed by atoms with Gasteiger partial charge in [-0.1, -0.05) is 25.1 Å². The van der Waals surface area contributed by atoms with Gasteiger partial charge in [0.25, 0.3) is 0 Å². The van der Waals surface area contributed by atoms with Crippen LogP contribution in [0.5, 0.6) is 0 Å². The van der Waals surface area contributed by atoms with Gasteiger partial charge in [-0.3, -0.25) is 0 Å². The summed E-state index contributed by atoms with van der Waals surface area (Å²) in [5.74, 6) is 0. The van der Waals surface area contributed by atoms with Crippen LogP contribution in [0.15, 0.2) is 24.3 Å². The summed E-state index contributed by atoms with van der Waals surface area (Å²) in [6, 6.07) is 8.21. The predicted molar refractivity (Wildman–Crippen MR) is 60.1 cm³/mol. The number of aryl methyl sites for hydroxylation is 1. The van der Waals surface area contributed by atoms with Gasteiger partial charge in [0.15, 0.2) is 0 Å². The summed E-state index contributed by atoms with van der Waals surface area (Å²) in [5.41, 5.74) is 2.38. The Labute approximate surface area is 90.1 Å². The van der Waals surface area contributed by atoms with Gasteiger partial charge in [0.1, 0.15) is 0 Å². The van der Waals surface area contributed by atoms with Crippen LogP contribution in [-0.2, 0) is 11.2 Å². The summed E-state index contributed by atoms with van der Waals surface area (Å²) in [6.07, 6.45) is 0.599. The first kappa shape index (κ1) is 10.5. The van der Waals surface area contributed by atoms with Crippen LogP contribution in [0, 0.1) is 0 Å². The minimum Gasteiger partial charge on any atom is -0.388 e. The summed E-state index contributed by atoms with van der Waals surface area (Å²) < 4.78 is 5.20. The molecule has 1 aromatic rings. The molecule has 1 aromatic carbocycles. The van der Waals surface area contributed by atoms with Gasteiger partial charge < -0.3 is 15.2 Å². The summed E-state index contributed by atoms with van der Waals surface area (Å²) in [7, 11) is 0. The van der Waals surface area contributed by atoms with Gasteiger partial charge in [0.2, 0.25) is 0 Å². The zero-order valence-electron chi connectivity index (χ0n) is 8.94. The number of nitrogens with one attached hydrogen (secondary N) is 1. The van der Waals surface area contributed by atoms with Crippen molar-refractivity contribution in [1.29, 1.82) is 0 Å². The van der Waals surface area contributed by atoms with E-state index in [0.717, 1.165) is 12.1 Å². The van der Waals surface area contributed by atoms with Crippen molar-refractivity contribution in [2.45, 2.75) is 25.5 Å². The molecule has 0 aromatic heterocycles. The van der Waals surface area contributed by atoms with E-state index >= 15 is 0 Å². The Hall–Kier alpha value is -1.06. The lowest BCUT2D eigenvalue weighted by atomic mass is 10.1. The highest BCUT2D eigenvalue weighted by Gasteiger charge is 2.26. The molecule has 0 saturated carbocycles. The van der Waals surface area contributed by atoms with Crippen LogP contribution >= 0.6 is 0 Å². The minimum atomic E-state index is -0.394. The van der Waals surface area contributed by atoms with Crippen molar-refractivity contribution in [1.82, 2.24) is 0 Å². The van der Waals surface area contributed by atoms with E-state index in [1.165, 1.54) is 5.56 Å². The fourth-order valence-corrected chi connectivity index (χ4v) is 1.85. The number of benzene rings is 1. The minimum absolute atomic E-state index is 0.0256. The average molecular weight is 207 g/mol. The van der Waals surface area contributed by atoms with E-state index in [9.17, 15) is 5.11 Å². The summed E-state index contributed by atoms with van der Waals surface area (Å²) in [6.45, 7) is 3.15. The Balaban J connectivity index is 2.09. The fraction of sp³-hybridized carbons (Fsp3) is 0.500. The second-order valence-corrected chi connectivity index (χ2v) is 3.87. The molecule has 0 aliphatic carbocycles. The van der Waals surface area contributed by atoms with Crippen LogP contribution in [0.4, 0.5) is 5.69 Å². The Morgan fingerprint density at radius 1 is 1.40 bits per heavy atom. The Bertz CT molecular complexity index is 327. The molecule has 0 spiro atoms. The van der Waals surface area contributed by atoms with E-state index in [1.807, 2.05) is 18.2 Å². The molecule has 15 heavy (non-hydrogen) atoms. The van der Waals surface area contributed by atoms with E-state index in [0.29, 0.717) is 13.2 Å². The van der Waals surface area contributed by atoms with E-state index in [-0.39, 0.29) is 6.04 Å². The van der Waals surface area contributed by atoms with Crippen LogP contribution in [-0.4, -0.2) is 30.5 Å². The molecule has 0 unspecified atom stereocenters. The first-order chi connectivity index (χ1) is 7.31. The zero-order chi connectivity index (χ0) is 10.7. The van der Waals surface area contributed by atoms with Crippen molar-refractivity contribution in [2.24, 2.45) is 0 Å². The van der Waals surface area contributed by atoms with Crippen LogP contribution in [0.2, 0.25) is 0 Å². The van der Waals surface area contributed by atoms with Crippen molar-refractivity contribution >= 4 is 5.69 Å². The first-order valence-electron chi connectivity index (χ1n) is 5.41. The largest absolute Gasteiger partial charge is 0.388 e. The highest BCUT2D eigenvalue weighted by Crippen LogP contribution is 2.19. The molecular formula is C12H17NO2. The summed E-state index contributed by atoms with van der Waals surface area (Å²) in [5, 5.41) is 13.0. The SMILES string of the molecule is CCc1ccccc1N[C@@H]1COC[C@H]1O. The van der Waals surface area contributed by atoms with Crippen molar-refractivity contribution in [3.8, 4) is 0 Å². The first-order valence-corrected chi connectivity index (χ1v) is 5.41. The standard InChI is InChI=1S/C12H17NO2/c1-2-9-5-3-4-6-10(9)13-11-7-15-8-12(11)14/h3-6,11-14H,2,7-8H2,1H3/t11-,12-/m1/s1. The lowest BCUT2D eigenvalue weighted by Crippen LogP contribution is -2.32. The normalized spacial score (nSPS) is 25.5. The third-order valence-corrected chi connectivity index (χ3v) is 2.79. The molecule has 2 rings (SSSR count). The number of ether oxygens (including phenoxy) is 1. The average Bonchev–Trinajstić information content (AvgIpc) is 2.65. The molecule has 1 saturated heterocycles. The highest BCUT2D eigenvalue weighted by atomic mass is 16.5. The molecule has 1 heterocycles. The fourth-order valence-electron chi connectivity index (χ4n) is 1.85. The van der Waals surface area contributed by atoms with Crippen molar-refractivity contribution in [3.63, 3.8) is 0 Å². The predicted octanol–water partition coefficient (Wildman–Crippen LogP) is 1.42. The maximum absolute atomic E-state index is 9.63. The molecule has 3 heteroatoms. The monoisotopic (exact) mass is 207 g/mol. The van der Waals surface area contributed by atoms with E-state index in [1.54, 1.807) is 0 Å². The van der Waals surface area contributed by atoms with E-state index in [4.69, 9.17) is 4.74 Å². The summed E-state index contributed by atoms with van der Waals surface area (Å²) >= 11 is 0. The van der Waals surface area contributed by atoms with Crippen molar-refractivity contribution < 1.29 is 9.84 Å². The molecule has 1 aliphatic heterocycles. The number of aliphatic hydroxyl groups excluding tert-OH is 1. The maximum Gasteiger partial charge on any atom is 0.0996 e. The lowest BCUT2D eigenvalue weighted by molar-refractivity contribution is 0.125. The number of anilines is 1. The number of aliphatic hydroxyl groups is 1. The third-order valence-electron chi connectivity index (χ3n) is 2.79. The second-order valence-electron chi connectivity index (χ2n) is 3.87. The number of para-hydroxylation sites is 1. The topological polar surface area (TPSA) is 41.5 Å². The second kappa shape index (κ2) is 4.64. The maximum atomic E-state index is 9.63. The molecule has 1 fully saturated rings. The Morgan fingerprint density at radius 3 is 2.87 bits per heavy atom. The zero-order valence-corrected chi connectivity index (χ0v) is 8.94. The highest BCUT2D eigenvalue weighted by molar-refractivity contribution is 5.52.